The van der Waals surface area contributed by atoms with E-state index in [0.29, 0.717) is 22.3 Å². The molecule has 1 aromatic heterocycles. The summed E-state index contributed by atoms with van der Waals surface area (Å²) in [5.41, 5.74) is 0.908. The number of carbonyl (C=O) groups is 1. The van der Waals surface area contributed by atoms with Crippen LogP contribution >= 0.6 is 34.7 Å². The van der Waals surface area contributed by atoms with Gasteiger partial charge in [-0.3, -0.25) is 10.1 Å². The van der Waals surface area contributed by atoms with Gasteiger partial charge in [0.05, 0.1) is 0 Å². The fourth-order valence-electron chi connectivity index (χ4n) is 1.87. The first-order chi connectivity index (χ1) is 11.5. The smallest absolute Gasteiger partial charge is 0.267 e. The molecular formula is C16H20ClN3O2S2. The second-order valence-electron chi connectivity index (χ2n) is 5.14. The Bertz CT molecular complexity index is 694. The average molecular weight is 386 g/mol. The summed E-state index contributed by atoms with van der Waals surface area (Å²) >= 11 is 9.02. The SMILES string of the molecule is CCCSc1nnc(NC(=O)C(CC)Oc2ccc(Cl)c(C)c2)s1. The highest BCUT2D eigenvalue weighted by Crippen LogP contribution is 2.26. The zero-order valence-corrected chi connectivity index (χ0v) is 16.2. The van der Waals surface area contributed by atoms with E-state index in [9.17, 15) is 4.79 Å². The van der Waals surface area contributed by atoms with E-state index in [1.807, 2.05) is 19.9 Å². The molecule has 5 nitrogen and oxygen atoms in total. The Hall–Kier alpha value is -1.31. The topological polar surface area (TPSA) is 64.1 Å². The molecule has 1 N–H and O–H groups in total. The highest BCUT2D eigenvalue weighted by molar-refractivity contribution is 8.01. The molecule has 2 rings (SSSR count). The molecule has 0 aliphatic rings. The summed E-state index contributed by atoms with van der Waals surface area (Å²) in [6, 6.07) is 5.34. The molecule has 2 aromatic rings. The first-order valence-electron chi connectivity index (χ1n) is 7.73. The molecule has 0 aliphatic carbocycles. The molecule has 0 saturated heterocycles. The molecule has 0 saturated carbocycles. The minimum atomic E-state index is -0.596. The van der Waals surface area contributed by atoms with Crippen molar-refractivity contribution in [1.29, 1.82) is 0 Å². The van der Waals surface area contributed by atoms with Crippen molar-refractivity contribution in [2.45, 2.75) is 44.1 Å². The van der Waals surface area contributed by atoms with Gasteiger partial charge in [0.25, 0.3) is 5.91 Å². The van der Waals surface area contributed by atoms with Crippen LogP contribution in [0.2, 0.25) is 5.02 Å². The summed E-state index contributed by atoms with van der Waals surface area (Å²) in [5, 5.41) is 12.0. The molecule has 1 heterocycles. The molecule has 0 radical (unpaired) electrons. The van der Waals surface area contributed by atoms with E-state index in [-0.39, 0.29) is 5.91 Å². The van der Waals surface area contributed by atoms with E-state index in [4.69, 9.17) is 16.3 Å². The van der Waals surface area contributed by atoms with Crippen molar-refractivity contribution in [3.8, 4) is 5.75 Å². The number of thioether (sulfide) groups is 1. The molecular weight excluding hydrogens is 366 g/mol. The normalized spacial score (nSPS) is 12.0. The lowest BCUT2D eigenvalue weighted by molar-refractivity contribution is -0.122. The van der Waals surface area contributed by atoms with Crippen molar-refractivity contribution in [2.75, 3.05) is 11.1 Å². The summed E-state index contributed by atoms with van der Waals surface area (Å²) in [5.74, 6) is 1.38. The van der Waals surface area contributed by atoms with Crippen molar-refractivity contribution in [3.05, 3.63) is 28.8 Å². The van der Waals surface area contributed by atoms with Gasteiger partial charge in [0, 0.05) is 10.8 Å². The van der Waals surface area contributed by atoms with E-state index in [0.717, 1.165) is 22.1 Å². The number of nitrogens with one attached hydrogen (secondary N) is 1. The number of carbonyl (C=O) groups excluding carboxylic acids is 1. The van der Waals surface area contributed by atoms with Crippen LogP contribution in [0.5, 0.6) is 5.75 Å². The number of rotatable bonds is 8. The van der Waals surface area contributed by atoms with Crippen LogP contribution in [0.15, 0.2) is 22.5 Å². The molecule has 8 heteroatoms. The molecule has 1 aromatic carbocycles. The van der Waals surface area contributed by atoms with Gasteiger partial charge in [0.2, 0.25) is 5.13 Å². The van der Waals surface area contributed by atoms with Crippen molar-refractivity contribution >= 4 is 45.7 Å². The zero-order valence-electron chi connectivity index (χ0n) is 13.8. The summed E-state index contributed by atoms with van der Waals surface area (Å²) in [4.78, 5) is 12.4. The molecule has 1 atom stereocenters. The first kappa shape index (κ1) is 19.0. The van der Waals surface area contributed by atoms with Crippen LogP contribution < -0.4 is 10.1 Å². The Balaban J connectivity index is 1.97. The Morgan fingerprint density at radius 3 is 2.88 bits per heavy atom. The minimum Gasteiger partial charge on any atom is -0.481 e. The van der Waals surface area contributed by atoms with Gasteiger partial charge in [0.1, 0.15) is 5.75 Å². The van der Waals surface area contributed by atoms with E-state index >= 15 is 0 Å². The number of anilines is 1. The third-order valence-electron chi connectivity index (χ3n) is 3.14. The lowest BCUT2D eigenvalue weighted by Gasteiger charge is -2.16. The van der Waals surface area contributed by atoms with Gasteiger partial charge in [-0.2, -0.15) is 0 Å². The largest absolute Gasteiger partial charge is 0.481 e. The number of hydrogen-bond donors (Lipinski definition) is 1. The second kappa shape index (κ2) is 9.25. The van der Waals surface area contributed by atoms with Crippen molar-refractivity contribution in [1.82, 2.24) is 10.2 Å². The molecule has 0 spiro atoms. The predicted octanol–water partition coefficient (Wildman–Crippen LogP) is 4.80. The van der Waals surface area contributed by atoms with Crippen molar-refractivity contribution in [3.63, 3.8) is 0 Å². The Morgan fingerprint density at radius 1 is 1.42 bits per heavy atom. The van der Waals surface area contributed by atoms with Crippen LogP contribution in [-0.2, 0) is 4.79 Å². The number of amides is 1. The molecule has 1 unspecified atom stereocenters. The van der Waals surface area contributed by atoms with Gasteiger partial charge < -0.3 is 4.74 Å². The summed E-state index contributed by atoms with van der Waals surface area (Å²) < 4.78 is 6.64. The van der Waals surface area contributed by atoms with E-state index in [2.05, 4.69) is 22.4 Å². The van der Waals surface area contributed by atoms with E-state index < -0.39 is 6.10 Å². The quantitative estimate of drug-likeness (QED) is 0.522. The third kappa shape index (κ3) is 5.36. The zero-order chi connectivity index (χ0) is 17.5. The maximum Gasteiger partial charge on any atom is 0.267 e. The first-order valence-corrected chi connectivity index (χ1v) is 9.91. The highest BCUT2D eigenvalue weighted by atomic mass is 35.5. The molecule has 130 valence electrons. The predicted molar refractivity (Wildman–Crippen MR) is 100 cm³/mol. The van der Waals surface area contributed by atoms with Gasteiger partial charge in [0.15, 0.2) is 10.4 Å². The van der Waals surface area contributed by atoms with Crippen LogP contribution in [0.4, 0.5) is 5.13 Å². The van der Waals surface area contributed by atoms with Gasteiger partial charge in [-0.05, 0) is 43.5 Å². The summed E-state index contributed by atoms with van der Waals surface area (Å²) in [7, 11) is 0. The number of aromatic nitrogens is 2. The number of nitrogens with zero attached hydrogens (tertiary/aromatic N) is 2. The average Bonchev–Trinajstić information content (AvgIpc) is 3.01. The Kier molecular flexibility index (Phi) is 7.33. The monoisotopic (exact) mass is 385 g/mol. The van der Waals surface area contributed by atoms with Crippen LogP contribution in [0.3, 0.4) is 0 Å². The summed E-state index contributed by atoms with van der Waals surface area (Å²) in [6.45, 7) is 5.90. The fraction of sp³-hybridized carbons (Fsp3) is 0.438. The Labute approximate surface area is 155 Å². The van der Waals surface area contributed by atoms with Gasteiger partial charge in [-0.1, -0.05) is 48.5 Å². The fourth-order valence-corrected chi connectivity index (χ4v) is 3.67. The maximum atomic E-state index is 12.4. The van der Waals surface area contributed by atoms with Gasteiger partial charge in [-0.15, -0.1) is 10.2 Å². The van der Waals surface area contributed by atoms with Crippen LogP contribution in [-0.4, -0.2) is 28.0 Å². The van der Waals surface area contributed by atoms with Crippen molar-refractivity contribution < 1.29 is 9.53 Å². The number of ether oxygens (including phenoxy) is 1. The molecule has 24 heavy (non-hydrogen) atoms. The number of halogens is 1. The third-order valence-corrected chi connectivity index (χ3v) is 5.74. The van der Waals surface area contributed by atoms with Gasteiger partial charge >= 0.3 is 0 Å². The van der Waals surface area contributed by atoms with Gasteiger partial charge in [-0.25, -0.2) is 0 Å². The van der Waals surface area contributed by atoms with E-state index in [1.54, 1.807) is 23.9 Å². The molecule has 0 fully saturated rings. The second-order valence-corrected chi connectivity index (χ2v) is 7.86. The van der Waals surface area contributed by atoms with Crippen molar-refractivity contribution in [2.24, 2.45) is 0 Å². The number of hydrogen-bond acceptors (Lipinski definition) is 6. The maximum absolute atomic E-state index is 12.4. The number of aryl methyl sites for hydroxylation is 1. The highest BCUT2D eigenvalue weighted by Gasteiger charge is 2.20. The molecule has 1 amide bonds. The molecule has 0 bridgehead atoms. The Morgan fingerprint density at radius 2 is 2.21 bits per heavy atom. The van der Waals surface area contributed by atoms with E-state index in [1.165, 1.54) is 11.3 Å². The minimum absolute atomic E-state index is 0.228. The van der Waals surface area contributed by atoms with Crippen LogP contribution in [0.25, 0.3) is 0 Å². The lowest BCUT2D eigenvalue weighted by atomic mass is 10.2. The van der Waals surface area contributed by atoms with Crippen LogP contribution in [0.1, 0.15) is 32.3 Å². The molecule has 0 aliphatic heterocycles. The number of benzene rings is 1. The lowest BCUT2D eigenvalue weighted by Crippen LogP contribution is -2.32. The van der Waals surface area contributed by atoms with Crippen LogP contribution in [0, 0.1) is 6.92 Å². The standard InChI is InChI=1S/C16H20ClN3O2S2/c1-4-8-23-16-20-19-15(24-16)18-14(21)13(5-2)22-11-6-7-12(17)10(3)9-11/h6-7,9,13H,4-5,8H2,1-3H3,(H,18,19,21). The summed E-state index contributed by atoms with van der Waals surface area (Å²) in [6.07, 6.45) is 1.02.